The molecule has 4 rings (SSSR count). The van der Waals surface area contributed by atoms with Gasteiger partial charge in [0, 0.05) is 12.0 Å². The number of amides is 1. The highest BCUT2D eigenvalue weighted by Gasteiger charge is 2.36. The lowest BCUT2D eigenvalue weighted by Gasteiger charge is -2.28. The summed E-state index contributed by atoms with van der Waals surface area (Å²) in [5.74, 6) is -1.46. The molecule has 0 fully saturated rings. The number of hydrogen-bond donors (Lipinski definition) is 2. The van der Waals surface area contributed by atoms with Crippen LogP contribution < -0.4 is 10.9 Å². The van der Waals surface area contributed by atoms with Crippen molar-refractivity contribution < 1.29 is 19.0 Å². The lowest BCUT2D eigenvalue weighted by molar-refractivity contribution is 0.0911. The molecule has 0 bridgehead atoms. The van der Waals surface area contributed by atoms with Gasteiger partial charge < -0.3 is 15.2 Å². The molecule has 3 aromatic rings. The largest absolute Gasteiger partial charge is 0.501 e. The average molecular weight is 471 g/mol. The van der Waals surface area contributed by atoms with Crippen LogP contribution in [0, 0.1) is 5.82 Å². The Hall–Kier alpha value is -3.60. The summed E-state index contributed by atoms with van der Waals surface area (Å²) in [5.41, 5.74) is -0.626. The number of aromatic hydroxyl groups is 1. The topological polar surface area (TPSA) is 124 Å². The molecule has 0 radical (unpaired) electrons. The number of benzene rings is 1. The van der Waals surface area contributed by atoms with Gasteiger partial charge in [0.25, 0.3) is 11.5 Å². The number of nitrogens with one attached hydrogen (secondary N) is 1. The molecule has 0 aliphatic carbocycles. The number of aromatic nitrogens is 5. The standard InChI is InChI=1S/C23H27FN6O4/c1-3-4-7-23(2)12-34-9-8-29-21(33)19(31)18(28-22(23)29)20(32)26-11-15-5-6-16(24)10-17(15)30-14-25-13-27-30/h5-6,10,13-14,31H,3-4,7-9,11-12H2,1-2H3,(H,26,32). The molecule has 0 saturated heterocycles. The van der Waals surface area contributed by atoms with E-state index in [1.54, 1.807) is 0 Å². The van der Waals surface area contributed by atoms with Gasteiger partial charge in [0.15, 0.2) is 5.69 Å². The molecule has 1 aromatic carbocycles. The maximum atomic E-state index is 13.8. The molecule has 1 atom stereocenters. The Morgan fingerprint density at radius 1 is 1.38 bits per heavy atom. The number of hydrogen-bond acceptors (Lipinski definition) is 7. The molecule has 11 heteroatoms. The van der Waals surface area contributed by atoms with E-state index in [-0.39, 0.29) is 18.8 Å². The van der Waals surface area contributed by atoms with Gasteiger partial charge in [-0.25, -0.2) is 19.0 Å². The van der Waals surface area contributed by atoms with Crippen LogP contribution in [0.3, 0.4) is 0 Å². The van der Waals surface area contributed by atoms with Crippen molar-refractivity contribution in [1.82, 2.24) is 29.6 Å². The van der Waals surface area contributed by atoms with E-state index in [9.17, 15) is 19.1 Å². The van der Waals surface area contributed by atoms with Gasteiger partial charge in [0.2, 0.25) is 5.75 Å². The van der Waals surface area contributed by atoms with Crippen molar-refractivity contribution in [3.8, 4) is 11.4 Å². The average Bonchev–Trinajstić information content (AvgIpc) is 3.31. The zero-order valence-electron chi connectivity index (χ0n) is 19.1. The summed E-state index contributed by atoms with van der Waals surface area (Å²) in [6.45, 7) is 4.94. The van der Waals surface area contributed by atoms with Crippen molar-refractivity contribution >= 4 is 5.91 Å². The van der Waals surface area contributed by atoms with Crippen molar-refractivity contribution in [3.63, 3.8) is 0 Å². The van der Waals surface area contributed by atoms with E-state index in [1.165, 1.54) is 40.1 Å². The third-order valence-electron chi connectivity index (χ3n) is 6.01. The van der Waals surface area contributed by atoms with Gasteiger partial charge in [-0.1, -0.05) is 32.8 Å². The monoisotopic (exact) mass is 470 g/mol. The van der Waals surface area contributed by atoms with Crippen LogP contribution >= 0.6 is 0 Å². The molecule has 1 unspecified atom stereocenters. The Morgan fingerprint density at radius 2 is 2.21 bits per heavy atom. The molecule has 0 saturated carbocycles. The highest BCUT2D eigenvalue weighted by Crippen LogP contribution is 2.31. The quantitative estimate of drug-likeness (QED) is 0.542. The number of ether oxygens (including phenoxy) is 1. The first-order valence-electron chi connectivity index (χ1n) is 11.2. The molecule has 2 aromatic heterocycles. The molecular weight excluding hydrogens is 443 g/mol. The fourth-order valence-electron chi connectivity index (χ4n) is 4.13. The van der Waals surface area contributed by atoms with Crippen LogP contribution in [0.4, 0.5) is 4.39 Å². The molecular formula is C23H27FN6O4. The molecule has 180 valence electrons. The van der Waals surface area contributed by atoms with Crippen molar-refractivity contribution in [2.75, 3.05) is 13.2 Å². The minimum atomic E-state index is -0.713. The number of fused-ring (bicyclic) bond motifs is 1. The highest BCUT2D eigenvalue weighted by molar-refractivity contribution is 5.94. The first-order valence-corrected chi connectivity index (χ1v) is 11.2. The smallest absolute Gasteiger partial charge is 0.296 e. The number of carbonyl (C=O) groups excluding carboxylic acids is 1. The zero-order chi connectivity index (χ0) is 24.3. The zero-order valence-corrected chi connectivity index (χ0v) is 19.1. The number of nitrogens with zero attached hydrogens (tertiary/aromatic N) is 5. The normalized spacial score (nSPS) is 17.7. The molecule has 2 N–H and O–H groups in total. The molecule has 34 heavy (non-hydrogen) atoms. The third kappa shape index (κ3) is 4.56. The van der Waals surface area contributed by atoms with E-state index in [4.69, 9.17) is 4.74 Å². The Bertz CT molecular complexity index is 1240. The van der Waals surface area contributed by atoms with Crippen LogP contribution in [0.5, 0.6) is 5.75 Å². The van der Waals surface area contributed by atoms with Crippen molar-refractivity contribution in [3.05, 3.63) is 64.1 Å². The summed E-state index contributed by atoms with van der Waals surface area (Å²) in [6, 6.07) is 4.07. The number of rotatable bonds is 7. The number of halogens is 1. The van der Waals surface area contributed by atoms with Crippen molar-refractivity contribution in [1.29, 1.82) is 0 Å². The second-order valence-corrected chi connectivity index (χ2v) is 8.60. The maximum absolute atomic E-state index is 13.8. The van der Waals surface area contributed by atoms with Crippen molar-refractivity contribution in [2.24, 2.45) is 0 Å². The van der Waals surface area contributed by atoms with E-state index in [2.05, 4.69) is 27.3 Å². The SMILES string of the molecule is CCCCC1(C)COCCn2c1nc(C(=O)NCc1ccc(F)cc1-n1cncn1)c(O)c2=O. The molecule has 1 aliphatic heterocycles. The Labute approximate surface area is 195 Å². The fraction of sp³-hybridized carbons (Fsp3) is 0.435. The molecule has 0 spiro atoms. The van der Waals surface area contributed by atoms with Crippen LogP contribution in [0.15, 0.2) is 35.6 Å². The van der Waals surface area contributed by atoms with Gasteiger partial charge in [-0.2, -0.15) is 5.10 Å². The van der Waals surface area contributed by atoms with E-state index >= 15 is 0 Å². The second-order valence-electron chi connectivity index (χ2n) is 8.60. The summed E-state index contributed by atoms with van der Waals surface area (Å²) in [4.78, 5) is 34.3. The summed E-state index contributed by atoms with van der Waals surface area (Å²) >= 11 is 0. The minimum absolute atomic E-state index is 0.00986. The first-order chi connectivity index (χ1) is 16.3. The van der Waals surface area contributed by atoms with E-state index in [0.29, 0.717) is 30.3 Å². The van der Waals surface area contributed by atoms with Crippen LogP contribution in [0.2, 0.25) is 0 Å². The van der Waals surface area contributed by atoms with Gasteiger partial charge in [-0.15, -0.1) is 0 Å². The summed E-state index contributed by atoms with van der Waals surface area (Å²) in [6.07, 6.45) is 5.31. The highest BCUT2D eigenvalue weighted by atomic mass is 19.1. The summed E-state index contributed by atoms with van der Waals surface area (Å²) < 4.78 is 22.3. The lowest BCUT2D eigenvalue weighted by atomic mass is 9.84. The summed E-state index contributed by atoms with van der Waals surface area (Å²) in [5, 5.41) is 17.2. The number of carbonyl (C=O) groups is 1. The van der Waals surface area contributed by atoms with Gasteiger partial charge in [0.1, 0.15) is 24.3 Å². The Balaban J connectivity index is 1.65. The van der Waals surface area contributed by atoms with Crippen LogP contribution in [0.25, 0.3) is 5.69 Å². The van der Waals surface area contributed by atoms with Gasteiger partial charge in [0.05, 0.1) is 25.4 Å². The molecule has 1 amide bonds. The van der Waals surface area contributed by atoms with Crippen LogP contribution in [-0.4, -0.2) is 48.5 Å². The Morgan fingerprint density at radius 3 is 2.94 bits per heavy atom. The first kappa shape index (κ1) is 23.6. The van der Waals surface area contributed by atoms with Crippen molar-refractivity contribution in [2.45, 2.75) is 51.6 Å². The van der Waals surface area contributed by atoms with Gasteiger partial charge >= 0.3 is 0 Å². The molecule has 10 nitrogen and oxygen atoms in total. The van der Waals surface area contributed by atoms with E-state index in [1.807, 2.05) is 6.92 Å². The second kappa shape index (κ2) is 9.72. The maximum Gasteiger partial charge on any atom is 0.296 e. The third-order valence-corrected chi connectivity index (χ3v) is 6.01. The van der Waals surface area contributed by atoms with Gasteiger partial charge in [-0.3, -0.25) is 14.2 Å². The summed E-state index contributed by atoms with van der Waals surface area (Å²) in [7, 11) is 0. The van der Waals surface area contributed by atoms with Gasteiger partial charge in [-0.05, 0) is 24.1 Å². The Kier molecular flexibility index (Phi) is 6.73. The van der Waals surface area contributed by atoms with E-state index < -0.39 is 28.4 Å². The number of unbranched alkanes of at least 4 members (excludes halogenated alkanes) is 1. The van der Waals surface area contributed by atoms with Crippen LogP contribution in [0.1, 0.15) is 55.0 Å². The van der Waals surface area contributed by atoms with E-state index in [0.717, 1.165) is 19.3 Å². The molecule has 3 heterocycles. The predicted molar refractivity (Wildman–Crippen MR) is 120 cm³/mol. The minimum Gasteiger partial charge on any atom is -0.501 e. The van der Waals surface area contributed by atoms with Crippen LogP contribution in [-0.2, 0) is 23.2 Å². The molecule has 1 aliphatic rings. The lowest BCUT2D eigenvalue weighted by Crippen LogP contribution is -2.38. The predicted octanol–water partition coefficient (Wildman–Crippen LogP) is 2.08. The fourth-order valence-corrected chi connectivity index (χ4v) is 4.13.